The van der Waals surface area contributed by atoms with Gasteiger partial charge in [-0.05, 0) is 32.9 Å². The van der Waals surface area contributed by atoms with Crippen LogP contribution in [0.5, 0.6) is 0 Å². The minimum Gasteiger partial charge on any atom is -0.181 e. The Balaban J connectivity index is 2.05. The lowest BCUT2D eigenvalue weighted by molar-refractivity contribution is 0.116. The standard InChI is InChI=1S/C13H19NO2P/c1-11-9-15-17(12-7-5-4-6-8-12)14(11)10-13(2,3)16-17/h4-8,11H,9-10H2,1-3H3/q+1. The van der Waals surface area contributed by atoms with Crippen molar-refractivity contribution in [3.05, 3.63) is 30.3 Å². The molecule has 0 amide bonds. The molecule has 2 aliphatic heterocycles. The molecule has 3 nitrogen and oxygen atoms in total. The maximum Gasteiger partial charge on any atom is 0.384 e. The molecule has 0 spiro atoms. The smallest absolute Gasteiger partial charge is 0.181 e. The van der Waals surface area contributed by atoms with Gasteiger partial charge in [-0.3, -0.25) is 0 Å². The van der Waals surface area contributed by atoms with Crippen molar-refractivity contribution in [2.24, 2.45) is 0 Å². The first-order valence-electron chi connectivity index (χ1n) is 6.11. The van der Waals surface area contributed by atoms with E-state index in [0.29, 0.717) is 6.04 Å². The molecule has 2 unspecified atom stereocenters. The third kappa shape index (κ3) is 1.73. The Kier molecular flexibility index (Phi) is 2.57. The Morgan fingerprint density at radius 2 is 2.00 bits per heavy atom. The van der Waals surface area contributed by atoms with Crippen LogP contribution < -0.4 is 5.30 Å². The average Bonchev–Trinajstić information content (AvgIpc) is 2.75. The monoisotopic (exact) mass is 252 g/mol. The highest BCUT2D eigenvalue weighted by Crippen LogP contribution is 2.73. The molecule has 1 aromatic carbocycles. The molecular formula is C13H19NO2P+. The first-order chi connectivity index (χ1) is 8.04. The van der Waals surface area contributed by atoms with Crippen LogP contribution in [0, 0.1) is 0 Å². The van der Waals surface area contributed by atoms with Crippen molar-refractivity contribution >= 4 is 13.2 Å². The summed E-state index contributed by atoms with van der Waals surface area (Å²) < 4.78 is 14.9. The van der Waals surface area contributed by atoms with E-state index in [2.05, 4.69) is 49.7 Å². The SMILES string of the molecule is CC1CO[P+]2(c3ccccc3)OC(C)(C)CN12. The summed E-state index contributed by atoms with van der Waals surface area (Å²) in [5, 5.41) is 1.20. The number of hydrogen-bond acceptors (Lipinski definition) is 3. The number of hydrogen-bond donors (Lipinski definition) is 0. The molecule has 0 aromatic heterocycles. The fourth-order valence-corrected chi connectivity index (χ4v) is 6.27. The van der Waals surface area contributed by atoms with Gasteiger partial charge in [0, 0.05) is 0 Å². The molecule has 2 fully saturated rings. The molecule has 17 heavy (non-hydrogen) atoms. The van der Waals surface area contributed by atoms with E-state index in [1.807, 2.05) is 6.07 Å². The van der Waals surface area contributed by atoms with Gasteiger partial charge in [-0.1, -0.05) is 18.2 Å². The van der Waals surface area contributed by atoms with Crippen molar-refractivity contribution in [3.63, 3.8) is 0 Å². The van der Waals surface area contributed by atoms with Gasteiger partial charge < -0.3 is 0 Å². The zero-order valence-electron chi connectivity index (χ0n) is 10.6. The van der Waals surface area contributed by atoms with Gasteiger partial charge in [-0.15, -0.1) is 4.67 Å². The number of rotatable bonds is 1. The molecule has 0 saturated carbocycles. The van der Waals surface area contributed by atoms with Crippen LogP contribution in [0.1, 0.15) is 20.8 Å². The van der Waals surface area contributed by atoms with Crippen LogP contribution in [-0.2, 0) is 9.05 Å². The Hall–Kier alpha value is -0.470. The molecule has 0 bridgehead atoms. The summed E-state index contributed by atoms with van der Waals surface area (Å²) >= 11 is 0. The Morgan fingerprint density at radius 1 is 1.29 bits per heavy atom. The quantitative estimate of drug-likeness (QED) is 0.717. The molecule has 2 heterocycles. The lowest BCUT2D eigenvalue weighted by atomic mass is 10.1. The second kappa shape index (κ2) is 3.76. The van der Waals surface area contributed by atoms with Crippen molar-refractivity contribution in [1.82, 2.24) is 4.67 Å². The van der Waals surface area contributed by atoms with Crippen LogP contribution in [-0.4, -0.2) is 29.5 Å². The maximum atomic E-state index is 6.33. The summed E-state index contributed by atoms with van der Waals surface area (Å²) in [7, 11) is -2.00. The van der Waals surface area contributed by atoms with Crippen molar-refractivity contribution in [3.8, 4) is 0 Å². The Bertz CT molecular complexity index is 423. The van der Waals surface area contributed by atoms with E-state index < -0.39 is 7.87 Å². The van der Waals surface area contributed by atoms with Gasteiger partial charge in [0.2, 0.25) is 0 Å². The number of fused-ring (bicyclic) bond motifs is 1. The minimum atomic E-state index is -2.00. The zero-order valence-corrected chi connectivity index (χ0v) is 11.5. The van der Waals surface area contributed by atoms with E-state index in [-0.39, 0.29) is 5.60 Å². The summed E-state index contributed by atoms with van der Waals surface area (Å²) in [6, 6.07) is 10.9. The zero-order chi connectivity index (χ0) is 12.1. The summed E-state index contributed by atoms with van der Waals surface area (Å²) in [6.07, 6.45) is 0. The fraction of sp³-hybridized carbons (Fsp3) is 0.538. The van der Waals surface area contributed by atoms with Crippen LogP contribution in [0.4, 0.5) is 0 Å². The normalized spacial score (nSPS) is 36.1. The highest BCUT2D eigenvalue weighted by atomic mass is 31.2. The molecule has 4 heteroatoms. The van der Waals surface area contributed by atoms with Crippen LogP contribution in [0.15, 0.2) is 30.3 Å². The topological polar surface area (TPSA) is 21.7 Å². The van der Waals surface area contributed by atoms with Crippen molar-refractivity contribution in [1.29, 1.82) is 0 Å². The van der Waals surface area contributed by atoms with Gasteiger partial charge in [0.25, 0.3) is 0 Å². The summed E-state index contributed by atoms with van der Waals surface area (Å²) in [6.45, 7) is 8.24. The van der Waals surface area contributed by atoms with Gasteiger partial charge in [0.05, 0.1) is 12.6 Å². The Morgan fingerprint density at radius 3 is 2.71 bits per heavy atom. The molecule has 0 N–H and O–H groups in total. The van der Waals surface area contributed by atoms with Gasteiger partial charge in [-0.2, -0.15) is 9.05 Å². The third-order valence-electron chi connectivity index (χ3n) is 3.33. The lowest BCUT2D eigenvalue weighted by Gasteiger charge is -2.19. The van der Waals surface area contributed by atoms with Crippen LogP contribution in [0.3, 0.4) is 0 Å². The van der Waals surface area contributed by atoms with Crippen molar-refractivity contribution in [2.45, 2.75) is 32.4 Å². The highest BCUT2D eigenvalue weighted by Gasteiger charge is 2.68. The molecule has 3 rings (SSSR count). The molecule has 0 radical (unpaired) electrons. The average molecular weight is 252 g/mol. The second-order valence-electron chi connectivity index (χ2n) is 5.45. The van der Waals surface area contributed by atoms with Crippen molar-refractivity contribution < 1.29 is 9.05 Å². The first kappa shape index (κ1) is 11.6. The summed E-state index contributed by atoms with van der Waals surface area (Å²) in [5.74, 6) is 0. The number of nitrogens with zero attached hydrogens (tertiary/aromatic N) is 1. The van der Waals surface area contributed by atoms with Crippen molar-refractivity contribution in [2.75, 3.05) is 13.2 Å². The molecular weight excluding hydrogens is 233 g/mol. The number of benzene rings is 1. The molecule has 1 aromatic rings. The maximum absolute atomic E-state index is 6.33. The highest BCUT2D eigenvalue weighted by molar-refractivity contribution is 7.72. The largest absolute Gasteiger partial charge is 0.384 e. The second-order valence-corrected chi connectivity index (χ2v) is 7.96. The van der Waals surface area contributed by atoms with E-state index in [1.54, 1.807) is 0 Å². The van der Waals surface area contributed by atoms with Crippen LogP contribution >= 0.6 is 7.87 Å². The lowest BCUT2D eigenvalue weighted by Crippen LogP contribution is -2.32. The summed E-state index contributed by atoms with van der Waals surface area (Å²) in [4.78, 5) is 0. The van der Waals surface area contributed by atoms with E-state index >= 15 is 0 Å². The van der Waals surface area contributed by atoms with E-state index in [9.17, 15) is 0 Å². The first-order valence-corrected chi connectivity index (χ1v) is 7.68. The molecule has 2 saturated heterocycles. The van der Waals surface area contributed by atoms with Crippen LogP contribution in [0.2, 0.25) is 0 Å². The molecule has 92 valence electrons. The third-order valence-corrected chi connectivity index (χ3v) is 6.74. The predicted octanol–water partition coefficient (Wildman–Crippen LogP) is 2.60. The van der Waals surface area contributed by atoms with Gasteiger partial charge in [0.15, 0.2) is 5.30 Å². The van der Waals surface area contributed by atoms with Gasteiger partial charge in [0.1, 0.15) is 12.2 Å². The van der Waals surface area contributed by atoms with E-state index in [1.165, 1.54) is 5.30 Å². The van der Waals surface area contributed by atoms with Gasteiger partial charge >= 0.3 is 7.87 Å². The summed E-state index contributed by atoms with van der Waals surface area (Å²) in [5.41, 5.74) is -0.113. The minimum absolute atomic E-state index is 0.113. The fourth-order valence-electron chi connectivity index (χ4n) is 2.60. The predicted molar refractivity (Wildman–Crippen MR) is 70.3 cm³/mol. The molecule has 2 atom stereocenters. The van der Waals surface area contributed by atoms with Crippen LogP contribution in [0.25, 0.3) is 0 Å². The van der Waals surface area contributed by atoms with E-state index in [0.717, 1.165) is 13.2 Å². The molecule has 0 aliphatic carbocycles. The Labute approximate surface area is 103 Å². The van der Waals surface area contributed by atoms with E-state index in [4.69, 9.17) is 9.05 Å². The molecule has 2 aliphatic rings. The van der Waals surface area contributed by atoms with Gasteiger partial charge in [-0.25, -0.2) is 0 Å².